The highest BCUT2D eigenvalue weighted by Crippen LogP contribution is 2.36. The van der Waals surface area contributed by atoms with Crippen molar-refractivity contribution in [1.29, 1.82) is 0 Å². The van der Waals surface area contributed by atoms with Crippen LogP contribution in [-0.4, -0.2) is 30.6 Å². The highest BCUT2D eigenvalue weighted by molar-refractivity contribution is 6.12. The summed E-state index contributed by atoms with van der Waals surface area (Å²) in [6.45, 7) is 5.25. The number of esters is 1. The minimum atomic E-state index is -0.457. The van der Waals surface area contributed by atoms with E-state index in [1.165, 1.54) is 0 Å². The summed E-state index contributed by atoms with van der Waals surface area (Å²) in [5.41, 5.74) is 2.25. The van der Waals surface area contributed by atoms with Gasteiger partial charge in [-0.15, -0.1) is 0 Å². The van der Waals surface area contributed by atoms with Crippen LogP contribution in [0.5, 0.6) is 17.2 Å². The summed E-state index contributed by atoms with van der Waals surface area (Å²) in [5.74, 6) is 1.19. The van der Waals surface area contributed by atoms with Crippen molar-refractivity contribution in [2.75, 3.05) is 6.61 Å². The second-order valence-corrected chi connectivity index (χ2v) is 7.37. The van der Waals surface area contributed by atoms with E-state index in [2.05, 4.69) is 0 Å². The molecule has 2 aliphatic rings. The largest absolute Gasteiger partial charge is 0.485 e. The van der Waals surface area contributed by atoms with Gasteiger partial charge in [-0.25, -0.2) is 4.79 Å². The van der Waals surface area contributed by atoms with Gasteiger partial charge in [-0.05, 0) is 56.7 Å². The van der Waals surface area contributed by atoms with Crippen molar-refractivity contribution in [3.63, 3.8) is 0 Å². The number of allylic oxidation sites excluding steroid dienone is 1. The molecule has 0 bridgehead atoms. The molecule has 2 aromatic rings. The van der Waals surface area contributed by atoms with E-state index in [1.54, 1.807) is 38.1 Å². The monoisotopic (exact) mass is 406 g/mol. The van der Waals surface area contributed by atoms with Crippen LogP contribution in [-0.2, 0) is 9.53 Å². The van der Waals surface area contributed by atoms with Crippen LogP contribution < -0.4 is 14.2 Å². The van der Waals surface area contributed by atoms with Crippen molar-refractivity contribution in [1.82, 2.24) is 0 Å². The van der Waals surface area contributed by atoms with E-state index in [-0.39, 0.29) is 30.4 Å². The molecule has 30 heavy (non-hydrogen) atoms. The Morgan fingerprint density at radius 3 is 2.77 bits per heavy atom. The minimum absolute atomic E-state index is 0.206. The van der Waals surface area contributed by atoms with Gasteiger partial charge in [0.1, 0.15) is 23.4 Å². The quantitative estimate of drug-likeness (QED) is 0.543. The van der Waals surface area contributed by atoms with Crippen molar-refractivity contribution < 1.29 is 28.5 Å². The first-order valence-corrected chi connectivity index (χ1v) is 9.78. The third kappa shape index (κ3) is 4.08. The van der Waals surface area contributed by atoms with Crippen LogP contribution in [0.15, 0.2) is 59.9 Å². The number of ether oxygens (including phenoxy) is 4. The van der Waals surface area contributed by atoms with Crippen molar-refractivity contribution >= 4 is 17.8 Å². The Morgan fingerprint density at radius 2 is 1.97 bits per heavy atom. The Balaban J connectivity index is 1.51. The first-order chi connectivity index (χ1) is 14.4. The topological polar surface area (TPSA) is 71.1 Å². The van der Waals surface area contributed by atoms with E-state index in [1.807, 2.05) is 37.3 Å². The van der Waals surface area contributed by atoms with Crippen LogP contribution in [0.4, 0.5) is 0 Å². The maximum atomic E-state index is 12.7. The predicted molar refractivity (Wildman–Crippen MR) is 111 cm³/mol. The molecule has 0 saturated carbocycles. The summed E-state index contributed by atoms with van der Waals surface area (Å²) in [4.78, 5) is 24.4. The Morgan fingerprint density at radius 1 is 1.17 bits per heavy atom. The molecule has 2 aliphatic heterocycles. The van der Waals surface area contributed by atoms with Crippen LogP contribution in [0.25, 0.3) is 6.08 Å². The van der Waals surface area contributed by atoms with Gasteiger partial charge >= 0.3 is 5.97 Å². The summed E-state index contributed by atoms with van der Waals surface area (Å²) in [7, 11) is 0. The Kier molecular flexibility index (Phi) is 5.31. The van der Waals surface area contributed by atoms with Crippen LogP contribution in [0.3, 0.4) is 0 Å². The molecule has 2 aromatic carbocycles. The maximum absolute atomic E-state index is 12.7. The molecule has 6 heteroatoms. The Bertz CT molecular complexity index is 1060. The van der Waals surface area contributed by atoms with Crippen molar-refractivity contribution in [3.05, 3.63) is 71.0 Å². The molecule has 2 heterocycles. The Hall–Kier alpha value is -3.54. The molecule has 0 unspecified atom stereocenters. The number of para-hydroxylation sites is 1. The Labute approximate surface area is 174 Å². The average molecular weight is 406 g/mol. The number of fused-ring (bicyclic) bond motifs is 2. The summed E-state index contributed by atoms with van der Waals surface area (Å²) < 4.78 is 22.2. The lowest BCUT2D eigenvalue weighted by atomic mass is 10.0. The fourth-order valence-electron chi connectivity index (χ4n) is 3.27. The number of hydrogen-bond donors (Lipinski definition) is 0. The molecule has 0 aliphatic carbocycles. The summed E-state index contributed by atoms with van der Waals surface area (Å²) in [5, 5.41) is 0. The van der Waals surface area contributed by atoms with E-state index in [4.69, 9.17) is 18.9 Å². The second-order valence-electron chi connectivity index (χ2n) is 7.37. The molecule has 0 saturated heterocycles. The van der Waals surface area contributed by atoms with Gasteiger partial charge in [0.05, 0.1) is 11.7 Å². The standard InChI is InChI=1S/C24H22O6/c1-14(2)28-23(25)13-27-18-8-9-19-21(12-18)30-22(24(19)26)11-17-10-16-6-4-5-7-20(16)29-15(17)3/h4-12,14-15H,13H2,1-3H3/t15-/m0/s1. The molecule has 0 spiro atoms. The van der Waals surface area contributed by atoms with Crippen LogP contribution >= 0.6 is 0 Å². The zero-order chi connectivity index (χ0) is 21.3. The SMILES string of the molecule is CC(C)OC(=O)COc1ccc2c(c1)OC(=CC1=Cc3ccccc3O[C@H]1C)C2=O. The zero-order valence-corrected chi connectivity index (χ0v) is 17.0. The van der Waals surface area contributed by atoms with Crippen LogP contribution in [0.2, 0.25) is 0 Å². The third-order valence-electron chi connectivity index (χ3n) is 4.68. The fourth-order valence-corrected chi connectivity index (χ4v) is 3.27. The highest BCUT2D eigenvalue weighted by atomic mass is 16.6. The van der Waals surface area contributed by atoms with Crippen molar-refractivity contribution in [2.24, 2.45) is 0 Å². The lowest BCUT2D eigenvalue weighted by Crippen LogP contribution is -2.18. The smallest absolute Gasteiger partial charge is 0.344 e. The second kappa shape index (κ2) is 8.06. The zero-order valence-electron chi connectivity index (χ0n) is 17.0. The van der Waals surface area contributed by atoms with Gasteiger partial charge < -0.3 is 18.9 Å². The van der Waals surface area contributed by atoms with E-state index in [0.29, 0.717) is 17.1 Å². The van der Waals surface area contributed by atoms with Gasteiger partial charge in [0.15, 0.2) is 12.4 Å². The van der Waals surface area contributed by atoms with Crippen LogP contribution in [0, 0.1) is 0 Å². The number of ketones is 1. The molecule has 0 aromatic heterocycles. The van der Waals surface area contributed by atoms with E-state index in [9.17, 15) is 9.59 Å². The van der Waals surface area contributed by atoms with E-state index < -0.39 is 5.97 Å². The molecule has 0 N–H and O–H groups in total. The molecule has 0 radical (unpaired) electrons. The van der Waals surface area contributed by atoms with Gasteiger partial charge in [0.2, 0.25) is 5.78 Å². The van der Waals surface area contributed by atoms with Crippen molar-refractivity contribution in [2.45, 2.75) is 33.0 Å². The van der Waals surface area contributed by atoms with Gasteiger partial charge in [-0.1, -0.05) is 18.2 Å². The normalized spacial score (nSPS) is 18.3. The van der Waals surface area contributed by atoms with Gasteiger partial charge in [-0.2, -0.15) is 0 Å². The lowest BCUT2D eigenvalue weighted by molar-refractivity contribution is -0.149. The third-order valence-corrected chi connectivity index (χ3v) is 4.68. The van der Waals surface area contributed by atoms with Crippen molar-refractivity contribution in [3.8, 4) is 17.2 Å². The molecular weight excluding hydrogens is 384 g/mol. The van der Waals surface area contributed by atoms with E-state index in [0.717, 1.165) is 16.9 Å². The lowest BCUT2D eigenvalue weighted by Gasteiger charge is -2.22. The van der Waals surface area contributed by atoms with E-state index >= 15 is 0 Å². The average Bonchev–Trinajstić information content (AvgIpc) is 3.01. The fraction of sp³-hybridized carbons (Fsp3) is 0.250. The summed E-state index contributed by atoms with van der Waals surface area (Å²) in [6, 6.07) is 12.6. The molecule has 0 amide bonds. The molecule has 6 nitrogen and oxygen atoms in total. The maximum Gasteiger partial charge on any atom is 0.344 e. The number of carbonyl (C=O) groups excluding carboxylic acids is 2. The van der Waals surface area contributed by atoms with Gasteiger partial charge in [0, 0.05) is 11.6 Å². The number of benzene rings is 2. The van der Waals surface area contributed by atoms with Gasteiger partial charge in [0.25, 0.3) is 0 Å². The summed E-state index contributed by atoms with van der Waals surface area (Å²) >= 11 is 0. The minimum Gasteiger partial charge on any atom is -0.485 e. The molecule has 4 rings (SSSR count). The van der Waals surface area contributed by atoms with Crippen LogP contribution in [0.1, 0.15) is 36.7 Å². The predicted octanol–water partition coefficient (Wildman–Crippen LogP) is 4.34. The number of hydrogen-bond acceptors (Lipinski definition) is 6. The number of rotatable bonds is 5. The molecular formula is C24H22O6. The first-order valence-electron chi connectivity index (χ1n) is 9.78. The van der Waals surface area contributed by atoms with Gasteiger partial charge in [-0.3, -0.25) is 4.79 Å². The summed E-state index contributed by atoms with van der Waals surface area (Å²) in [6.07, 6.45) is 3.29. The molecule has 0 fully saturated rings. The molecule has 1 atom stereocenters. The number of carbonyl (C=O) groups is 2. The number of Topliss-reactive ketones (excluding diaryl/α,β-unsaturated/α-hetero) is 1. The first kappa shape index (κ1) is 19.8. The molecule has 154 valence electrons. The highest BCUT2D eigenvalue weighted by Gasteiger charge is 2.29.